The van der Waals surface area contributed by atoms with Crippen molar-refractivity contribution in [3.8, 4) is 0 Å². The molecule has 1 saturated heterocycles. The summed E-state index contributed by atoms with van der Waals surface area (Å²) in [4.78, 5) is 7.35. The van der Waals surface area contributed by atoms with Crippen LogP contribution < -0.4 is 10.6 Å². The Morgan fingerprint density at radius 3 is 2.50 bits per heavy atom. The number of likely N-dealkylation sites (tertiary alicyclic amines) is 1. The molecule has 0 radical (unpaired) electrons. The molecule has 2 fully saturated rings. The fourth-order valence-corrected chi connectivity index (χ4v) is 3.84. The Morgan fingerprint density at radius 1 is 1.14 bits per heavy atom. The molecule has 4 heteroatoms. The Labute approximate surface area is 137 Å². The summed E-state index contributed by atoms with van der Waals surface area (Å²) in [6, 6.07) is 0. The molecule has 1 spiro atoms. The first kappa shape index (κ1) is 17.6. The lowest BCUT2D eigenvalue weighted by molar-refractivity contribution is 0.203. The third-order valence-corrected chi connectivity index (χ3v) is 5.02. The van der Waals surface area contributed by atoms with Crippen molar-refractivity contribution in [2.24, 2.45) is 10.4 Å². The number of hydrogen-bond donors (Lipinski definition) is 2. The third-order valence-electron chi connectivity index (χ3n) is 5.02. The maximum atomic E-state index is 4.85. The molecule has 128 valence electrons. The summed E-state index contributed by atoms with van der Waals surface area (Å²) in [6.07, 6.45) is 8.50. The van der Waals surface area contributed by atoms with E-state index in [4.69, 9.17) is 4.99 Å². The summed E-state index contributed by atoms with van der Waals surface area (Å²) in [5.41, 5.74) is 0.770. The van der Waals surface area contributed by atoms with Crippen LogP contribution in [0.4, 0.5) is 0 Å². The standard InChI is InChI=1S/C18H36N4/c1-5-19-16(20-12-13-21-17(2,3)4)22-14-11-18(15-22)9-7-6-8-10-18/h21H,5-15H2,1-4H3,(H,19,20). The normalized spacial score (nSPS) is 22.4. The van der Waals surface area contributed by atoms with E-state index in [0.29, 0.717) is 5.41 Å². The van der Waals surface area contributed by atoms with Crippen LogP contribution in [0.25, 0.3) is 0 Å². The van der Waals surface area contributed by atoms with Crippen LogP contribution in [0.3, 0.4) is 0 Å². The summed E-state index contributed by atoms with van der Waals surface area (Å²) in [6.45, 7) is 13.9. The Balaban J connectivity index is 1.88. The van der Waals surface area contributed by atoms with E-state index in [-0.39, 0.29) is 5.54 Å². The second kappa shape index (κ2) is 7.67. The van der Waals surface area contributed by atoms with Gasteiger partial charge in [-0.25, -0.2) is 0 Å². The minimum absolute atomic E-state index is 0.174. The summed E-state index contributed by atoms with van der Waals surface area (Å²) >= 11 is 0. The van der Waals surface area contributed by atoms with Crippen LogP contribution in [0.2, 0.25) is 0 Å². The first-order valence-corrected chi connectivity index (χ1v) is 9.22. The molecule has 22 heavy (non-hydrogen) atoms. The highest BCUT2D eigenvalue weighted by molar-refractivity contribution is 5.80. The number of aliphatic imine (C=N–C) groups is 1. The second-order valence-corrected chi connectivity index (χ2v) is 8.14. The Bertz CT molecular complexity index is 364. The van der Waals surface area contributed by atoms with E-state index < -0.39 is 0 Å². The molecule has 1 saturated carbocycles. The van der Waals surface area contributed by atoms with Crippen LogP contribution in [0, 0.1) is 5.41 Å². The molecule has 1 aliphatic heterocycles. The topological polar surface area (TPSA) is 39.7 Å². The van der Waals surface area contributed by atoms with Gasteiger partial charge in [0.2, 0.25) is 0 Å². The summed E-state index contributed by atoms with van der Waals surface area (Å²) in [5.74, 6) is 1.13. The van der Waals surface area contributed by atoms with E-state index in [9.17, 15) is 0 Å². The third kappa shape index (κ3) is 5.15. The van der Waals surface area contributed by atoms with E-state index >= 15 is 0 Å². The molecule has 0 atom stereocenters. The van der Waals surface area contributed by atoms with Gasteiger partial charge >= 0.3 is 0 Å². The summed E-state index contributed by atoms with van der Waals surface area (Å²) in [7, 11) is 0. The minimum Gasteiger partial charge on any atom is -0.357 e. The highest BCUT2D eigenvalue weighted by atomic mass is 15.3. The van der Waals surface area contributed by atoms with Gasteiger partial charge in [0.05, 0.1) is 6.54 Å². The average Bonchev–Trinajstić information content (AvgIpc) is 2.85. The van der Waals surface area contributed by atoms with Gasteiger partial charge in [-0.05, 0) is 52.4 Å². The van der Waals surface area contributed by atoms with Crippen molar-refractivity contribution in [1.29, 1.82) is 0 Å². The van der Waals surface area contributed by atoms with Gasteiger partial charge in [0.15, 0.2) is 5.96 Å². The molecule has 0 aromatic rings. The Kier molecular flexibility index (Phi) is 6.13. The molecule has 0 unspecified atom stereocenters. The molecule has 2 rings (SSSR count). The molecule has 0 aromatic carbocycles. The fourth-order valence-electron chi connectivity index (χ4n) is 3.84. The first-order valence-electron chi connectivity index (χ1n) is 9.22. The Hall–Kier alpha value is -0.770. The van der Waals surface area contributed by atoms with Crippen molar-refractivity contribution in [3.05, 3.63) is 0 Å². The monoisotopic (exact) mass is 308 g/mol. The molecule has 0 aromatic heterocycles. The average molecular weight is 309 g/mol. The molecule has 2 N–H and O–H groups in total. The van der Waals surface area contributed by atoms with Gasteiger partial charge in [-0.15, -0.1) is 0 Å². The second-order valence-electron chi connectivity index (χ2n) is 8.14. The fraction of sp³-hybridized carbons (Fsp3) is 0.944. The minimum atomic E-state index is 0.174. The zero-order valence-electron chi connectivity index (χ0n) is 15.2. The predicted molar refractivity (Wildman–Crippen MR) is 95.4 cm³/mol. The number of hydrogen-bond acceptors (Lipinski definition) is 2. The van der Waals surface area contributed by atoms with Crippen LogP contribution >= 0.6 is 0 Å². The summed E-state index contributed by atoms with van der Waals surface area (Å²) < 4.78 is 0. The van der Waals surface area contributed by atoms with Gasteiger partial charge in [-0.2, -0.15) is 0 Å². The molecule has 2 aliphatic rings. The maximum Gasteiger partial charge on any atom is 0.193 e. The van der Waals surface area contributed by atoms with Gasteiger partial charge in [-0.1, -0.05) is 19.3 Å². The lowest BCUT2D eigenvalue weighted by Crippen LogP contribution is -2.42. The van der Waals surface area contributed by atoms with E-state index in [0.717, 1.165) is 25.6 Å². The van der Waals surface area contributed by atoms with Gasteiger partial charge in [0.25, 0.3) is 0 Å². The van der Waals surface area contributed by atoms with Crippen LogP contribution in [0.1, 0.15) is 66.2 Å². The smallest absolute Gasteiger partial charge is 0.193 e. The molecule has 1 heterocycles. The van der Waals surface area contributed by atoms with Gasteiger partial charge in [-0.3, -0.25) is 4.99 Å². The van der Waals surface area contributed by atoms with Gasteiger partial charge in [0, 0.05) is 31.7 Å². The zero-order chi connectivity index (χ0) is 16.1. The van der Waals surface area contributed by atoms with Crippen molar-refractivity contribution < 1.29 is 0 Å². The number of rotatable bonds is 4. The maximum absolute atomic E-state index is 4.85. The summed E-state index contributed by atoms with van der Waals surface area (Å²) in [5, 5.41) is 7.01. The van der Waals surface area contributed by atoms with Crippen LogP contribution in [0.5, 0.6) is 0 Å². The van der Waals surface area contributed by atoms with E-state index in [1.165, 1.54) is 51.6 Å². The number of guanidine groups is 1. The highest BCUT2D eigenvalue weighted by Gasteiger charge is 2.39. The quantitative estimate of drug-likeness (QED) is 0.476. The SMILES string of the molecule is CCNC(=NCCNC(C)(C)C)N1CCC2(CCCCC2)C1. The predicted octanol–water partition coefficient (Wildman–Crippen LogP) is 3.00. The molecular weight excluding hydrogens is 272 g/mol. The first-order chi connectivity index (χ1) is 10.4. The van der Waals surface area contributed by atoms with Crippen LogP contribution in [0.15, 0.2) is 4.99 Å². The number of nitrogens with zero attached hydrogens (tertiary/aromatic N) is 2. The lowest BCUT2D eigenvalue weighted by atomic mass is 9.73. The molecular formula is C18H36N4. The van der Waals surface area contributed by atoms with Crippen molar-refractivity contribution >= 4 is 5.96 Å². The van der Waals surface area contributed by atoms with E-state index in [1.807, 2.05) is 0 Å². The molecule has 0 bridgehead atoms. The van der Waals surface area contributed by atoms with E-state index in [2.05, 4.69) is 43.2 Å². The zero-order valence-corrected chi connectivity index (χ0v) is 15.2. The largest absolute Gasteiger partial charge is 0.357 e. The van der Waals surface area contributed by atoms with Gasteiger partial charge in [0.1, 0.15) is 0 Å². The van der Waals surface area contributed by atoms with E-state index in [1.54, 1.807) is 0 Å². The van der Waals surface area contributed by atoms with Crippen molar-refractivity contribution in [2.75, 3.05) is 32.7 Å². The van der Waals surface area contributed by atoms with Crippen LogP contribution in [-0.2, 0) is 0 Å². The van der Waals surface area contributed by atoms with Crippen molar-refractivity contribution in [3.63, 3.8) is 0 Å². The molecule has 1 aliphatic carbocycles. The van der Waals surface area contributed by atoms with Crippen LogP contribution in [-0.4, -0.2) is 49.1 Å². The van der Waals surface area contributed by atoms with Crippen molar-refractivity contribution in [2.45, 2.75) is 71.8 Å². The molecule has 4 nitrogen and oxygen atoms in total. The van der Waals surface area contributed by atoms with Crippen molar-refractivity contribution in [1.82, 2.24) is 15.5 Å². The Morgan fingerprint density at radius 2 is 1.86 bits per heavy atom. The molecule has 0 amide bonds. The van der Waals surface area contributed by atoms with Gasteiger partial charge < -0.3 is 15.5 Å². The number of nitrogens with one attached hydrogen (secondary N) is 2. The lowest BCUT2D eigenvalue weighted by Gasteiger charge is -2.33. The highest BCUT2D eigenvalue weighted by Crippen LogP contribution is 2.43.